The van der Waals surface area contributed by atoms with Gasteiger partial charge in [0.15, 0.2) is 5.78 Å². The quantitative estimate of drug-likeness (QED) is 0.0477. The molecule has 0 bridgehead atoms. The first kappa shape index (κ1) is 50.1. The molecule has 2 aliphatic heterocycles. The van der Waals surface area contributed by atoms with Crippen LogP contribution in [-0.4, -0.2) is 97.0 Å². The second-order valence-corrected chi connectivity index (χ2v) is 22.4. The highest BCUT2D eigenvalue weighted by Gasteiger charge is 2.46. The van der Waals surface area contributed by atoms with Crippen LogP contribution in [0.5, 0.6) is 5.75 Å². The molecule has 1 amide bonds. The number of aliphatic hydroxyl groups is 2. The molecule has 6 N–H and O–H groups in total. The largest absolute Gasteiger partial charge is 0.465 e. The minimum Gasteiger partial charge on any atom is -0.465 e. The SMILES string of the molecule is COC(=O)NC(C(=O)CCC1CC(C)(C)CC1c1ncc(-c2ccc3c(c2)cc2n3C(c3ccccc3)Oc3cc(-c4cnc(C5CC(C)(C)CN5C(O)C(NC(O)OC)C(C)C)[nH]4)ccc3-2)[nH]1)C(C)C. The molecule has 3 aromatic heterocycles. The summed E-state index contributed by atoms with van der Waals surface area (Å²) < 4.78 is 19.2. The monoisotopic (exact) mass is 969 g/mol. The number of nitrogens with one attached hydrogen (secondary N) is 4. The Kier molecular flexibility index (Phi) is 14.1. The number of nitrogens with zero attached hydrogens (tertiary/aromatic N) is 4. The lowest BCUT2D eigenvalue weighted by Crippen LogP contribution is -2.55. The molecule has 6 aromatic rings. The number of carbonyl (C=O) groups excluding carboxylic acids is 2. The summed E-state index contributed by atoms with van der Waals surface area (Å²) in [6, 6.07) is 24.2. The molecule has 5 heterocycles. The van der Waals surface area contributed by atoms with Crippen molar-refractivity contribution >= 4 is 22.8 Å². The van der Waals surface area contributed by atoms with Gasteiger partial charge in [-0.15, -0.1) is 0 Å². The average molecular weight is 969 g/mol. The summed E-state index contributed by atoms with van der Waals surface area (Å²) >= 11 is 0. The molecule has 71 heavy (non-hydrogen) atoms. The summed E-state index contributed by atoms with van der Waals surface area (Å²) in [6.07, 6.45) is 4.51. The fourth-order valence-corrected chi connectivity index (χ4v) is 11.7. The number of Topliss-reactive ketones (excluding diaryl/α,β-unsaturated/α-hetero) is 1. The van der Waals surface area contributed by atoms with Crippen LogP contribution in [0.15, 0.2) is 85.2 Å². The number of likely N-dealkylation sites (tertiary alicyclic amines) is 1. The Labute approximate surface area is 417 Å². The van der Waals surface area contributed by atoms with Crippen LogP contribution in [-0.2, 0) is 14.3 Å². The van der Waals surface area contributed by atoms with Gasteiger partial charge in [0.2, 0.25) is 12.6 Å². The van der Waals surface area contributed by atoms with Gasteiger partial charge in [0.05, 0.1) is 60.2 Å². The number of H-pyrrole nitrogens is 2. The van der Waals surface area contributed by atoms with E-state index in [0.29, 0.717) is 13.0 Å². The second-order valence-electron chi connectivity index (χ2n) is 22.4. The second kappa shape index (κ2) is 20.0. The number of carbonyl (C=O) groups is 2. The molecule has 3 aliphatic rings. The Morgan fingerprint density at radius 1 is 0.845 bits per heavy atom. The number of alkyl carbamates (subject to hydrolysis) is 1. The molecule has 2 fully saturated rings. The topological polar surface area (TPSA) is 192 Å². The van der Waals surface area contributed by atoms with Crippen LogP contribution in [0.25, 0.3) is 44.7 Å². The Balaban J connectivity index is 0.987. The van der Waals surface area contributed by atoms with Crippen LogP contribution in [0.2, 0.25) is 0 Å². The van der Waals surface area contributed by atoms with Gasteiger partial charge in [-0.05, 0) is 84.6 Å². The number of ether oxygens (including phenoxy) is 3. The van der Waals surface area contributed by atoms with E-state index in [2.05, 4.69) is 112 Å². The van der Waals surface area contributed by atoms with Crippen molar-refractivity contribution in [1.82, 2.24) is 40.0 Å². The molecule has 3 aromatic carbocycles. The molecule has 15 nitrogen and oxygen atoms in total. The van der Waals surface area contributed by atoms with E-state index >= 15 is 0 Å². The zero-order valence-corrected chi connectivity index (χ0v) is 42.8. The number of aromatic amines is 2. The highest BCUT2D eigenvalue weighted by atomic mass is 16.6. The Hall–Kier alpha value is -5.84. The Bertz CT molecular complexity index is 2850. The normalized spacial score (nSPS) is 22.2. The van der Waals surface area contributed by atoms with Crippen LogP contribution in [0.4, 0.5) is 4.79 Å². The van der Waals surface area contributed by atoms with E-state index in [9.17, 15) is 19.8 Å². The molecule has 8 atom stereocenters. The number of imidazole rings is 2. The van der Waals surface area contributed by atoms with Crippen LogP contribution in [0.1, 0.15) is 123 Å². The van der Waals surface area contributed by atoms with E-state index in [1.165, 1.54) is 14.2 Å². The molecular formula is C56H72N8O7. The maximum absolute atomic E-state index is 13.4. The fourth-order valence-electron chi connectivity index (χ4n) is 11.7. The smallest absolute Gasteiger partial charge is 0.407 e. The maximum Gasteiger partial charge on any atom is 0.407 e. The molecule has 1 saturated heterocycles. The molecule has 15 heteroatoms. The zero-order chi connectivity index (χ0) is 50.5. The maximum atomic E-state index is 13.4. The molecular weight excluding hydrogens is 897 g/mol. The first-order chi connectivity index (χ1) is 33.8. The molecule has 1 aliphatic carbocycles. The number of hydrogen-bond acceptors (Lipinski definition) is 11. The lowest BCUT2D eigenvalue weighted by molar-refractivity contribution is -0.133. The van der Waals surface area contributed by atoms with Crippen molar-refractivity contribution in [3.05, 3.63) is 102 Å². The lowest BCUT2D eigenvalue weighted by Gasteiger charge is -2.37. The number of aromatic nitrogens is 5. The van der Waals surface area contributed by atoms with Gasteiger partial charge in [0.25, 0.3) is 0 Å². The number of methoxy groups -OCH3 is 2. The molecule has 8 unspecified atom stereocenters. The van der Waals surface area contributed by atoms with Gasteiger partial charge in [0.1, 0.15) is 23.6 Å². The van der Waals surface area contributed by atoms with Gasteiger partial charge in [-0.1, -0.05) is 97.9 Å². The minimum absolute atomic E-state index is 0.0104. The van der Waals surface area contributed by atoms with E-state index in [-0.39, 0.29) is 46.3 Å². The molecule has 1 saturated carbocycles. The average Bonchev–Trinajstić information content (AvgIpc) is 4.20. The third kappa shape index (κ3) is 10.3. The summed E-state index contributed by atoms with van der Waals surface area (Å²) in [5.74, 6) is 2.89. The van der Waals surface area contributed by atoms with Crippen LogP contribution in [0, 0.1) is 28.6 Å². The molecule has 0 spiro atoms. The highest BCUT2D eigenvalue weighted by molar-refractivity contribution is 5.92. The van der Waals surface area contributed by atoms with Gasteiger partial charge >= 0.3 is 6.09 Å². The van der Waals surface area contributed by atoms with Crippen molar-refractivity contribution < 1.29 is 34.0 Å². The highest BCUT2D eigenvalue weighted by Crippen LogP contribution is 2.52. The lowest BCUT2D eigenvalue weighted by atomic mass is 9.87. The number of aliphatic hydroxyl groups excluding tert-OH is 2. The van der Waals surface area contributed by atoms with Crippen molar-refractivity contribution in [2.24, 2.45) is 28.6 Å². The third-order valence-corrected chi connectivity index (χ3v) is 15.2. The minimum atomic E-state index is -1.20. The fraction of sp³-hybridized carbons (Fsp3) is 0.500. The number of amides is 1. The Morgan fingerprint density at radius 2 is 1.54 bits per heavy atom. The summed E-state index contributed by atoms with van der Waals surface area (Å²) in [5, 5.41) is 29.0. The number of ketones is 1. The van der Waals surface area contributed by atoms with Gasteiger partial charge in [-0.2, -0.15) is 0 Å². The first-order valence-corrected chi connectivity index (χ1v) is 25.2. The molecule has 378 valence electrons. The Morgan fingerprint density at radius 3 is 2.23 bits per heavy atom. The summed E-state index contributed by atoms with van der Waals surface area (Å²) in [4.78, 5) is 44.8. The van der Waals surface area contributed by atoms with E-state index in [1.54, 1.807) is 0 Å². The van der Waals surface area contributed by atoms with Crippen LogP contribution in [0.3, 0.4) is 0 Å². The van der Waals surface area contributed by atoms with Gasteiger partial charge in [0, 0.05) is 53.6 Å². The van der Waals surface area contributed by atoms with E-state index in [1.807, 2.05) is 58.3 Å². The van der Waals surface area contributed by atoms with Gasteiger partial charge in [-0.25, -0.2) is 14.8 Å². The standard InChI is InChI=1S/C56H72N8O7/c1-31(2)47(61-53(67)69-9)45(65)21-18-36-25-55(5,6)26-39(36)49-57-28-40(59-49)34-17-20-42-37(22-34)23-43-38-19-16-35(24-46(38)71-52(64(42)43)33-14-12-11-13-15-33)41-29-58-50(60-41)44-27-56(7,8)30-63(44)51(66)48(32(3)4)62-54(68)70-10/h11-17,19-20,22-24,28-29,31-32,36,39,44,47-48,51-52,54,62,66,68H,18,21,25-27,30H2,1-10H3,(H,57,59)(H,58,60)(H,61,67). The van der Waals surface area contributed by atoms with Gasteiger partial charge in [-0.3, -0.25) is 15.0 Å². The molecule has 0 radical (unpaired) electrons. The summed E-state index contributed by atoms with van der Waals surface area (Å²) in [5.41, 5.74) is 7.86. The number of benzene rings is 3. The van der Waals surface area contributed by atoms with E-state index in [0.717, 1.165) is 93.3 Å². The van der Waals surface area contributed by atoms with Crippen molar-refractivity contribution in [3.8, 4) is 39.5 Å². The van der Waals surface area contributed by atoms with E-state index < -0.39 is 37.0 Å². The van der Waals surface area contributed by atoms with Crippen molar-refractivity contribution in [2.75, 3.05) is 20.8 Å². The number of rotatable bonds is 17. The van der Waals surface area contributed by atoms with Gasteiger partial charge < -0.3 is 44.3 Å². The number of hydrogen-bond donors (Lipinski definition) is 6. The first-order valence-electron chi connectivity index (χ1n) is 25.2. The predicted octanol–water partition coefficient (Wildman–Crippen LogP) is 9.91. The van der Waals surface area contributed by atoms with E-state index in [4.69, 9.17) is 24.2 Å². The number of fused-ring (bicyclic) bond motifs is 5. The van der Waals surface area contributed by atoms with Crippen molar-refractivity contribution in [1.29, 1.82) is 0 Å². The zero-order valence-electron chi connectivity index (χ0n) is 42.8. The van der Waals surface area contributed by atoms with Crippen LogP contribution >= 0.6 is 0 Å². The predicted molar refractivity (Wildman–Crippen MR) is 274 cm³/mol. The third-order valence-electron chi connectivity index (χ3n) is 15.2. The summed E-state index contributed by atoms with van der Waals surface area (Å²) in [7, 11) is 2.74. The van der Waals surface area contributed by atoms with Crippen molar-refractivity contribution in [2.45, 2.75) is 130 Å². The summed E-state index contributed by atoms with van der Waals surface area (Å²) in [6.45, 7) is 17.5. The van der Waals surface area contributed by atoms with Crippen molar-refractivity contribution in [3.63, 3.8) is 0 Å². The van der Waals surface area contributed by atoms with Crippen LogP contribution < -0.4 is 15.4 Å². The molecule has 9 rings (SSSR count).